The molecule has 3 aromatic carbocycles. The first kappa shape index (κ1) is 16.4. The van der Waals surface area contributed by atoms with Crippen LogP contribution in [-0.4, -0.2) is 13.0 Å². The number of nitrogens with one attached hydrogen (secondary N) is 1. The van der Waals surface area contributed by atoms with Crippen LogP contribution in [0.5, 0.6) is 0 Å². The van der Waals surface area contributed by atoms with Crippen LogP contribution in [0.15, 0.2) is 72.8 Å². The zero-order valence-electron chi connectivity index (χ0n) is 15.1. The Kier molecular flexibility index (Phi) is 4.21. The number of carbonyl (C=O) groups excluding carboxylic acids is 1. The molecule has 130 valence electrons. The molecule has 0 fully saturated rings. The number of rotatable bonds is 2. The van der Waals surface area contributed by atoms with Crippen molar-refractivity contribution in [1.82, 2.24) is 0 Å². The molecular formula is C23H22N2O. The number of aryl methyl sites for hydroxylation is 1. The van der Waals surface area contributed by atoms with Crippen molar-refractivity contribution in [3.8, 4) is 0 Å². The Morgan fingerprint density at radius 2 is 1.58 bits per heavy atom. The molecule has 0 radical (unpaired) electrons. The normalized spacial score (nSPS) is 15.6. The van der Waals surface area contributed by atoms with Crippen molar-refractivity contribution in [1.29, 1.82) is 0 Å². The van der Waals surface area contributed by atoms with Crippen molar-refractivity contribution < 1.29 is 4.79 Å². The Morgan fingerprint density at radius 1 is 0.923 bits per heavy atom. The molecule has 0 spiro atoms. The van der Waals surface area contributed by atoms with E-state index in [1.54, 1.807) is 0 Å². The molecule has 4 rings (SSSR count). The van der Waals surface area contributed by atoms with E-state index in [1.165, 1.54) is 11.1 Å². The van der Waals surface area contributed by atoms with Gasteiger partial charge in [-0.05, 0) is 48.7 Å². The van der Waals surface area contributed by atoms with Crippen LogP contribution in [0.4, 0.5) is 17.1 Å². The number of nitrogens with zero attached hydrogens (tertiary/aromatic N) is 1. The Labute approximate surface area is 154 Å². The van der Waals surface area contributed by atoms with Crippen molar-refractivity contribution in [2.45, 2.75) is 19.3 Å². The van der Waals surface area contributed by atoms with Gasteiger partial charge in [-0.25, -0.2) is 0 Å². The monoisotopic (exact) mass is 342 g/mol. The van der Waals surface area contributed by atoms with E-state index in [2.05, 4.69) is 41.5 Å². The maximum Gasteiger partial charge on any atom is 0.232 e. The summed E-state index contributed by atoms with van der Waals surface area (Å²) in [6.45, 7) is 2.04. The molecule has 1 aliphatic heterocycles. The van der Waals surface area contributed by atoms with E-state index in [9.17, 15) is 4.79 Å². The quantitative estimate of drug-likeness (QED) is 0.707. The van der Waals surface area contributed by atoms with Crippen molar-refractivity contribution in [3.05, 3.63) is 89.5 Å². The van der Waals surface area contributed by atoms with Crippen LogP contribution in [0.3, 0.4) is 0 Å². The maximum absolute atomic E-state index is 13.2. The van der Waals surface area contributed by atoms with Crippen LogP contribution in [-0.2, 0) is 11.2 Å². The van der Waals surface area contributed by atoms with E-state index in [1.807, 2.05) is 55.5 Å². The number of carbonyl (C=O) groups is 1. The Balaban J connectivity index is 1.74. The van der Waals surface area contributed by atoms with Gasteiger partial charge in [0, 0.05) is 24.1 Å². The van der Waals surface area contributed by atoms with Crippen molar-refractivity contribution in [2.75, 3.05) is 17.3 Å². The van der Waals surface area contributed by atoms with Crippen molar-refractivity contribution in [3.63, 3.8) is 0 Å². The minimum absolute atomic E-state index is 0.0337. The highest BCUT2D eigenvalue weighted by Crippen LogP contribution is 2.40. The molecule has 0 bridgehead atoms. The summed E-state index contributed by atoms with van der Waals surface area (Å²) in [7, 11) is 2.07. The lowest BCUT2D eigenvalue weighted by atomic mass is 9.91. The van der Waals surface area contributed by atoms with Gasteiger partial charge in [0.15, 0.2) is 0 Å². The van der Waals surface area contributed by atoms with E-state index in [0.717, 1.165) is 22.6 Å². The average Bonchev–Trinajstić information content (AvgIpc) is 2.79. The third-order valence-electron chi connectivity index (χ3n) is 5.09. The van der Waals surface area contributed by atoms with Crippen LogP contribution in [0.2, 0.25) is 0 Å². The number of hydrogen-bond acceptors (Lipinski definition) is 2. The number of para-hydroxylation sites is 2. The van der Waals surface area contributed by atoms with Gasteiger partial charge in [0.1, 0.15) is 0 Å². The summed E-state index contributed by atoms with van der Waals surface area (Å²) in [4.78, 5) is 15.3. The molecule has 1 amide bonds. The number of fused-ring (bicyclic) bond motifs is 2. The Bertz CT molecular complexity index is 946. The number of amides is 1. The fourth-order valence-electron chi connectivity index (χ4n) is 3.66. The molecule has 1 heterocycles. The van der Waals surface area contributed by atoms with Crippen LogP contribution in [0.25, 0.3) is 0 Å². The van der Waals surface area contributed by atoms with Gasteiger partial charge < -0.3 is 10.2 Å². The van der Waals surface area contributed by atoms with Gasteiger partial charge in [-0.2, -0.15) is 0 Å². The first-order chi connectivity index (χ1) is 12.6. The second-order valence-electron chi connectivity index (χ2n) is 6.86. The zero-order valence-corrected chi connectivity index (χ0v) is 15.1. The number of hydrogen-bond donors (Lipinski definition) is 1. The molecule has 3 heteroatoms. The minimum atomic E-state index is -0.224. The fraction of sp³-hybridized carbons (Fsp3) is 0.174. The van der Waals surface area contributed by atoms with Gasteiger partial charge in [-0.3, -0.25) is 4.79 Å². The van der Waals surface area contributed by atoms with Crippen molar-refractivity contribution in [2.24, 2.45) is 0 Å². The predicted molar refractivity (Wildman–Crippen MR) is 107 cm³/mol. The lowest BCUT2D eigenvalue weighted by molar-refractivity contribution is -0.117. The highest BCUT2D eigenvalue weighted by Gasteiger charge is 2.29. The van der Waals surface area contributed by atoms with Gasteiger partial charge in [0.2, 0.25) is 5.91 Å². The van der Waals surface area contributed by atoms with Gasteiger partial charge in [-0.1, -0.05) is 54.1 Å². The molecule has 0 saturated carbocycles. The molecular weight excluding hydrogens is 320 g/mol. The van der Waals surface area contributed by atoms with Crippen LogP contribution < -0.4 is 10.2 Å². The van der Waals surface area contributed by atoms with E-state index in [0.29, 0.717) is 6.42 Å². The Hall–Kier alpha value is -3.07. The fourth-order valence-corrected chi connectivity index (χ4v) is 3.66. The van der Waals surface area contributed by atoms with E-state index >= 15 is 0 Å². The van der Waals surface area contributed by atoms with Gasteiger partial charge in [0.05, 0.1) is 5.92 Å². The van der Waals surface area contributed by atoms with Crippen LogP contribution in [0, 0.1) is 6.92 Å². The summed E-state index contributed by atoms with van der Waals surface area (Å²) in [6, 6.07) is 24.4. The van der Waals surface area contributed by atoms with Gasteiger partial charge in [-0.15, -0.1) is 0 Å². The first-order valence-electron chi connectivity index (χ1n) is 8.91. The van der Waals surface area contributed by atoms with Crippen LogP contribution in [0.1, 0.15) is 22.6 Å². The minimum Gasteiger partial charge on any atom is -0.344 e. The molecule has 3 aromatic rings. The van der Waals surface area contributed by atoms with Gasteiger partial charge >= 0.3 is 0 Å². The summed E-state index contributed by atoms with van der Waals surface area (Å²) in [6.07, 6.45) is 0.690. The third kappa shape index (κ3) is 2.97. The summed E-state index contributed by atoms with van der Waals surface area (Å²) < 4.78 is 0. The topological polar surface area (TPSA) is 32.3 Å². The van der Waals surface area contributed by atoms with E-state index in [-0.39, 0.29) is 11.8 Å². The molecule has 26 heavy (non-hydrogen) atoms. The summed E-state index contributed by atoms with van der Waals surface area (Å²) >= 11 is 0. The molecule has 0 aliphatic carbocycles. The van der Waals surface area contributed by atoms with Crippen molar-refractivity contribution >= 4 is 23.0 Å². The van der Waals surface area contributed by atoms with E-state index < -0.39 is 0 Å². The standard InChI is InChI=1S/C23H22N2O/c1-16-11-13-18(14-12-16)24-23(26)20-15-17-7-3-5-9-21(17)25(2)22-10-6-4-8-19(20)22/h3-14,20H,15H2,1-2H3,(H,24,26)/t20-/m1/s1. The third-order valence-corrected chi connectivity index (χ3v) is 5.09. The highest BCUT2D eigenvalue weighted by atomic mass is 16.1. The molecule has 1 aliphatic rings. The van der Waals surface area contributed by atoms with Crippen LogP contribution >= 0.6 is 0 Å². The number of benzene rings is 3. The highest BCUT2D eigenvalue weighted by molar-refractivity contribution is 5.98. The Morgan fingerprint density at radius 3 is 2.35 bits per heavy atom. The largest absolute Gasteiger partial charge is 0.344 e. The average molecular weight is 342 g/mol. The zero-order chi connectivity index (χ0) is 18.1. The van der Waals surface area contributed by atoms with Gasteiger partial charge in [0.25, 0.3) is 0 Å². The lowest BCUT2D eigenvalue weighted by Crippen LogP contribution is -2.23. The lowest BCUT2D eigenvalue weighted by Gasteiger charge is -2.22. The molecule has 0 saturated heterocycles. The first-order valence-corrected chi connectivity index (χ1v) is 8.91. The number of anilines is 3. The molecule has 1 atom stereocenters. The van der Waals surface area contributed by atoms with E-state index in [4.69, 9.17) is 0 Å². The molecule has 3 nitrogen and oxygen atoms in total. The molecule has 1 N–H and O–H groups in total. The molecule has 0 unspecified atom stereocenters. The second-order valence-corrected chi connectivity index (χ2v) is 6.86. The predicted octanol–water partition coefficient (Wildman–Crippen LogP) is 5.04. The maximum atomic E-state index is 13.2. The SMILES string of the molecule is Cc1ccc(NC(=O)[C@@H]2Cc3ccccc3N(C)c3ccccc32)cc1. The smallest absolute Gasteiger partial charge is 0.232 e. The summed E-state index contributed by atoms with van der Waals surface area (Å²) in [5.74, 6) is -0.190. The summed E-state index contributed by atoms with van der Waals surface area (Å²) in [5, 5.41) is 3.10. The summed E-state index contributed by atoms with van der Waals surface area (Å²) in [5.41, 5.74) is 6.51. The molecule has 0 aromatic heterocycles. The second kappa shape index (κ2) is 6.68.